The number of fused-ring (bicyclic) bond motifs is 1. The Bertz CT molecular complexity index is 433. The molecule has 0 saturated carbocycles. The molecule has 1 aliphatic carbocycles. The summed E-state index contributed by atoms with van der Waals surface area (Å²) in [5, 5.41) is 3.70. The molecule has 0 aliphatic heterocycles. The van der Waals surface area contributed by atoms with Gasteiger partial charge in [-0.2, -0.15) is 0 Å². The van der Waals surface area contributed by atoms with Gasteiger partial charge in [0.1, 0.15) is 0 Å². The highest BCUT2D eigenvalue weighted by molar-refractivity contribution is 5.37. The van der Waals surface area contributed by atoms with Crippen LogP contribution in [0.5, 0.6) is 0 Å². The molecular weight excluding hydrogens is 260 g/mol. The summed E-state index contributed by atoms with van der Waals surface area (Å²) >= 11 is 0. The summed E-state index contributed by atoms with van der Waals surface area (Å²) in [6.45, 7) is 10.7. The van der Waals surface area contributed by atoms with E-state index in [0.29, 0.717) is 18.0 Å². The topological polar surface area (TPSA) is 24.5 Å². The highest BCUT2D eigenvalue weighted by Crippen LogP contribution is 2.34. The van der Waals surface area contributed by atoms with Crippen LogP contribution in [0.25, 0.3) is 0 Å². The fourth-order valence-electron chi connectivity index (χ4n) is 3.45. The first-order valence-corrected chi connectivity index (χ1v) is 8.21. The smallest absolute Gasteiger partial charge is 0.0589 e. The van der Waals surface area contributed by atoms with E-state index in [1.807, 2.05) is 0 Å². The van der Waals surface area contributed by atoms with Crippen molar-refractivity contribution in [2.24, 2.45) is 5.92 Å². The number of rotatable bonds is 8. The predicted molar refractivity (Wildman–Crippen MR) is 88.6 cm³/mol. The van der Waals surface area contributed by atoms with Gasteiger partial charge in [0.25, 0.3) is 0 Å². The van der Waals surface area contributed by atoms with Crippen molar-refractivity contribution in [1.82, 2.24) is 10.2 Å². The molecule has 1 aliphatic rings. The van der Waals surface area contributed by atoms with Crippen LogP contribution in [0.15, 0.2) is 24.3 Å². The number of likely N-dealkylation sites (N-methyl/N-ethyl adjacent to an activating group) is 1. The minimum absolute atomic E-state index is 0.446. The fraction of sp³-hybridized carbons (Fsp3) is 0.667. The van der Waals surface area contributed by atoms with Gasteiger partial charge in [-0.25, -0.2) is 0 Å². The van der Waals surface area contributed by atoms with Crippen LogP contribution in [0.2, 0.25) is 0 Å². The van der Waals surface area contributed by atoms with Crippen molar-refractivity contribution in [2.75, 3.05) is 33.4 Å². The van der Waals surface area contributed by atoms with Gasteiger partial charge in [0.2, 0.25) is 0 Å². The van der Waals surface area contributed by atoms with Crippen molar-refractivity contribution in [3.05, 3.63) is 35.4 Å². The molecule has 21 heavy (non-hydrogen) atoms. The van der Waals surface area contributed by atoms with E-state index in [1.54, 1.807) is 7.11 Å². The molecule has 0 heterocycles. The Morgan fingerprint density at radius 1 is 1.33 bits per heavy atom. The first-order chi connectivity index (χ1) is 10.2. The summed E-state index contributed by atoms with van der Waals surface area (Å²) in [4.78, 5) is 2.61. The molecule has 0 amide bonds. The Morgan fingerprint density at radius 3 is 2.76 bits per heavy atom. The van der Waals surface area contributed by atoms with Gasteiger partial charge < -0.3 is 10.1 Å². The Morgan fingerprint density at radius 2 is 2.10 bits per heavy atom. The summed E-state index contributed by atoms with van der Waals surface area (Å²) in [6.07, 6.45) is 1.14. The number of benzene rings is 1. The van der Waals surface area contributed by atoms with Gasteiger partial charge in [0, 0.05) is 32.3 Å². The first kappa shape index (κ1) is 16.5. The standard InChI is InChI=1S/C18H30N2O/c1-5-19-18-16-9-7-6-8-15(16)12-17(18)20(10-11-21-4)13-14(2)3/h6-9,14,17-19H,5,10-13H2,1-4H3. The molecule has 1 aromatic rings. The van der Waals surface area contributed by atoms with Crippen LogP contribution >= 0.6 is 0 Å². The third kappa shape index (κ3) is 4.06. The van der Waals surface area contributed by atoms with Crippen molar-refractivity contribution in [2.45, 2.75) is 39.3 Å². The van der Waals surface area contributed by atoms with Crippen LogP contribution in [0.3, 0.4) is 0 Å². The molecular formula is C18H30N2O. The summed E-state index contributed by atoms with van der Waals surface area (Å²) in [5.74, 6) is 0.674. The highest BCUT2D eigenvalue weighted by Gasteiger charge is 2.35. The molecule has 0 radical (unpaired) electrons. The largest absolute Gasteiger partial charge is 0.383 e. The summed E-state index contributed by atoms with van der Waals surface area (Å²) < 4.78 is 5.32. The summed E-state index contributed by atoms with van der Waals surface area (Å²) in [5.41, 5.74) is 2.98. The zero-order valence-electron chi connectivity index (χ0n) is 13.9. The second-order valence-corrected chi connectivity index (χ2v) is 6.39. The maximum Gasteiger partial charge on any atom is 0.0589 e. The quantitative estimate of drug-likeness (QED) is 0.797. The molecule has 3 heteroatoms. The lowest BCUT2D eigenvalue weighted by Gasteiger charge is -2.34. The Kier molecular flexibility index (Phi) is 6.22. The number of hydrogen-bond donors (Lipinski definition) is 1. The first-order valence-electron chi connectivity index (χ1n) is 8.21. The fourth-order valence-corrected chi connectivity index (χ4v) is 3.45. The Balaban J connectivity index is 2.18. The van der Waals surface area contributed by atoms with Crippen LogP contribution < -0.4 is 5.32 Å². The molecule has 0 spiro atoms. The molecule has 0 fully saturated rings. The van der Waals surface area contributed by atoms with Gasteiger partial charge in [-0.1, -0.05) is 45.0 Å². The predicted octanol–water partition coefficient (Wildman–Crippen LogP) is 2.87. The summed E-state index contributed by atoms with van der Waals surface area (Å²) in [7, 11) is 1.79. The number of nitrogens with zero attached hydrogens (tertiary/aromatic N) is 1. The van der Waals surface area contributed by atoms with Crippen LogP contribution in [0.4, 0.5) is 0 Å². The van der Waals surface area contributed by atoms with Crippen molar-refractivity contribution >= 4 is 0 Å². The zero-order valence-corrected chi connectivity index (χ0v) is 13.9. The SMILES string of the molecule is CCNC1c2ccccc2CC1N(CCOC)CC(C)C. The van der Waals surface area contributed by atoms with Crippen LogP contribution in [0.1, 0.15) is 37.9 Å². The molecule has 0 aromatic heterocycles. The van der Waals surface area contributed by atoms with Gasteiger partial charge in [0.15, 0.2) is 0 Å². The van der Waals surface area contributed by atoms with Gasteiger partial charge in [-0.3, -0.25) is 4.90 Å². The minimum atomic E-state index is 0.446. The van der Waals surface area contributed by atoms with Gasteiger partial charge in [0.05, 0.1) is 6.61 Å². The average Bonchev–Trinajstić information content (AvgIpc) is 2.82. The van der Waals surface area contributed by atoms with E-state index in [1.165, 1.54) is 11.1 Å². The third-order valence-electron chi connectivity index (χ3n) is 4.28. The lowest BCUT2D eigenvalue weighted by Crippen LogP contribution is -2.46. The summed E-state index contributed by atoms with van der Waals surface area (Å²) in [6, 6.07) is 9.87. The lowest BCUT2D eigenvalue weighted by molar-refractivity contribution is 0.0974. The molecule has 3 nitrogen and oxygen atoms in total. The second kappa shape index (κ2) is 7.92. The van der Waals surface area contributed by atoms with E-state index < -0.39 is 0 Å². The van der Waals surface area contributed by atoms with E-state index in [0.717, 1.165) is 32.7 Å². The van der Waals surface area contributed by atoms with Crippen molar-refractivity contribution in [3.8, 4) is 0 Å². The van der Waals surface area contributed by atoms with Crippen LogP contribution in [-0.2, 0) is 11.2 Å². The molecule has 2 unspecified atom stereocenters. The van der Waals surface area contributed by atoms with Gasteiger partial charge in [-0.15, -0.1) is 0 Å². The van der Waals surface area contributed by atoms with Crippen molar-refractivity contribution in [1.29, 1.82) is 0 Å². The number of hydrogen-bond acceptors (Lipinski definition) is 3. The van der Waals surface area contributed by atoms with Crippen LogP contribution in [-0.4, -0.2) is 44.3 Å². The van der Waals surface area contributed by atoms with E-state index in [-0.39, 0.29) is 0 Å². The molecule has 1 N–H and O–H groups in total. The van der Waals surface area contributed by atoms with Crippen molar-refractivity contribution in [3.63, 3.8) is 0 Å². The van der Waals surface area contributed by atoms with Crippen LogP contribution in [0, 0.1) is 5.92 Å². The van der Waals surface area contributed by atoms with Gasteiger partial charge >= 0.3 is 0 Å². The third-order valence-corrected chi connectivity index (χ3v) is 4.28. The molecule has 118 valence electrons. The normalized spacial score (nSPS) is 21.2. The minimum Gasteiger partial charge on any atom is -0.383 e. The van der Waals surface area contributed by atoms with Crippen molar-refractivity contribution < 1.29 is 4.74 Å². The lowest BCUT2D eigenvalue weighted by atomic mass is 10.0. The average molecular weight is 290 g/mol. The molecule has 1 aromatic carbocycles. The van der Waals surface area contributed by atoms with E-state index in [9.17, 15) is 0 Å². The van der Waals surface area contributed by atoms with Gasteiger partial charge in [-0.05, 0) is 30.0 Å². The highest BCUT2D eigenvalue weighted by atomic mass is 16.5. The number of nitrogens with one attached hydrogen (secondary N) is 1. The number of methoxy groups -OCH3 is 1. The molecule has 2 atom stereocenters. The Hall–Kier alpha value is -0.900. The van der Waals surface area contributed by atoms with E-state index in [4.69, 9.17) is 4.74 Å². The van der Waals surface area contributed by atoms with E-state index in [2.05, 4.69) is 55.3 Å². The maximum absolute atomic E-state index is 5.32. The Labute approximate surface area is 129 Å². The monoisotopic (exact) mass is 290 g/mol. The maximum atomic E-state index is 5.32. The van der Waals surface area contributed by atoms with E-state index >= 15 is 0 Å². The molecule has 2 rings (SSSR count). The molecule has 0 bridgehead atoms. The number of ether oxygens (including phenoxy) is 1. The molecule has 0 saturated heterocycles. The zero-order chi connectivity index (χ0) is 15.2. The second-order valence-electron chi connectivity index (χ2n) is 6.39.